The summed E-state index contributed by atoms with van der Waals surface area (Å²) in [6.07, 6.45) is 7.29. The lowest BCUT2D eigenvalue weighted by Crippen LogP contribution is -2.51. The number of hydrogen-bond donors (Lipinski definition) is 2. The van der Waals surface area contributed by atoms with Crippen molar-refractivity contribution in [1.29, 1.82) is 0 Å². The molecule has 0 bridgehead atoms. The van der Waals surface area contributed by atoms with Crippen molar-refractivity contribution in [3.8, 4) is 12.3 Å². The van der Waals surface area contributed by atoms with Crippen LogP contribution in [-0.4, -0.2) is 63.3 Å². The van der Waals surface area contributed by atoms with Crippen molar-refractivity contribution >= 4 is 29.9 Å². The number of halogens is 1. The van der Waals surface area contributed by atoms with E-state index in [2.05, 4.69) is 40.5 Å². The molecule has 2 N–H and O–H groups in total. The molecule has 0 radical (unpaired) electrons. The van der Waals surface area contributed by atoms with E-state index in [1.807, 2.05) is 6.92 Å². The minimum atomic E-state index is 0. The maximum atomic E-state index is 5.46. The molecule has 20 heavy (non-hydrogen) atoms. The first-order chi connectivity index (χ1) is 9.14. The van der Waals surface area contributed by atoms with Gasteiger partial charge in [-0.3, -0.25) is 4.99 Å². The predicted octanol–water partition coefficient (Wildman–Crippen LogP) is 0.903. The summed E-state index contributed by atoms with van der Waals surface area (Å²) in [7, 11) is 4.23. The Bertz CT molecular complexity index is 333. The zero-order valence-electron chi connectivity index (χ0n) is 12.7. The molecule has 0 saturated carbocycles. The summed E-state index contributed by atoms with van der Waals surface area (Å²) < 4.78 is 5.46. The van der Waals surface area contributed by atoms with E-state index in [4.69, 9.17) is 11.2 Å². The molecule has 0 unspecified atom stereocenters. The standard InChI is InChI=1S/C14H26N4O.HI/c1-5-9-16-13(15-6-2)17-12-14(18(3)4)7-10-19-11-8-14;/h1H,6-12H2,2-4H3,(H2,15,16,17);1H. The van der Waals surface area contributed by atoms with Crippen LogP contribution in [0.25, 0.3) is 0 Å². The molecular formula is C14H27IN4O. The molecule has 1 aliphatic rings. The molecule has 0 aromatic carbocycles. The van der Waals surface area contributed by atoms with Gasteiger partial charge in [-0.15, -0.1) is 30.4 Å². The Labute approximate surface area is 139 Å². The Morgan fingerprint density at radius 2 is 2.00 bits per heavy atom. The van der Waals surface area contributed by atoms with E-state index in [1.165, 1.54) is 0 Å². The number of guanidine groups is 1. The Morgan fingerprint density at radius 1 is 1.35 bits per heavy atom. The monoisotopic (exact) mass is 394 g/mol. The van der Waals surface area contributed by atoms with E-state index < -0.39 is 0 Å². The van der Waals surface area contributed by atoms with Crippen molar-refractivity contribution in [2.45, 2.75) is 25.3 Å². The van der Waals surface area contributed by atoms with Crippen molar-refractivity contribution in [3.05, 3.63) is 0 Å². The van der Waals surface area contributed by atoms with Gasteiger partial charge in [-0.2, -0.15) is 0 Å². The summed E-state index contributed by atoms with van der Waals surface area (Å²) in [5, 5.41) is 6.33. The van der Waals surface area contributed by atoms with Crippen LogP contribution in [0.15, 0.2) is 4.99 Å². The minimum Gasteiger partial charge on any atom is -0.381 e. The van der Waals surface area contributed by atoms with E-state index >= 15 is 0 Å². The van der Waals surface area contributed by atoms with Gasteiger partial charge in [0.05, 0.1) is 13.1 Å². The summed E-state index contributed by atoms with van der Waals surface area (Å²) in [5.74, 6) is 3.35. The third-order valence-electron chi connectivity index (χ3n) is 3.61. The van der Waals surface area contributed by atoms with Gasteiger partial charge in [0.25, 0.3) is 0 Å². The zero-order chi connectivity index (χ0) is 14.1. The van der Waals surface area contributed by atoms with Gasteiger partial charge in [-0.1, -0.05) is 5.92 Å². The summed E-state index contributed by atoms with van der Waals surface area (Å²) in [6, 6.07) is 0. The van der Waals surface area contributed by atoms with E-state index in [9.17, 15) is 0 Å². The normalized spacial score (nSPS) is 18.1. The van der Waals surface area contributed by atoms with Gasteiger partial charge in [0.1, 0.15) is 0 Å². The molecule has 1 saturated heterocycles. The maximum Gasteiger partial charge on any atom is 0.192 e. The minimum absolute atomic E-state index is 0. The zero-order valence-corrected chi connectivity index (χ0v) is 15.1. The van der Waals surface area contributed by atoms with Gasteiger partial charge in [0, 0.05) is 25.3 Å². The number of rotatable bonds is 5. The van der Waals surface area contributed by atoms with Crippen LogP contribution in [0.5, 0.6) is 0 Å². The highest BCUT2D eigenvalue weighted by molar-refractivity contribution is 14.0. The first kappa shape index (κ1) is 19.5. The SMILES string of the molecule is C#CCNC(=NCC1(N(C)C)CCOCC1)NCC.I. The molecule has 1 aliphatic heterocycles. The first-order valence-electron chi connectivity index (χ1n) is 6.85. The quantitative estimate of drug-likeness (QED) is 0.315. The van der Waals surface area contributed by atoms with E-state index in [1.54, 1.807) is 0 Å². The Balaban J connectivity index is 0.00000361. The van der Waals surface area contributed by atoms with E-state index in [0.29, 0.717) is 6.54 Å². The van der Waals surface area contributed by atoms with Crippen LogP contribution in [-0.2, 0) is 4.74 Å². The van der Waals surface area contributed by atoms with Gasteiger partial charge >= 0.3 is 0 Å². The van der Waals surface area contributed by atoms with Crippen molar-refractivity contribution in [1.82, 2.24) is 15.5 Å². The second-order valence-corrected chi connectivity index (χ2v) is 4.98. The lowest BCUT2D eigenvalue weighted by molar-refractivity contribution is -0.00254. The highest BCUT2D eigenvalue weighted by atomic mass is 127. The van der Waals surface area contributed by atoms with Gasteiger partial charge in [-0.05, 0) is 33.9 Å². The largest absolute Gasteiger partial charge is 0.381 e. The molecular weight excluding hydrogens is 367 g/mol. The van der Waals surface area contributed by atoms with Crippen molar-refractivity contribution in [2.75, 3.05) is 46.9 Å². The lowest BCUT2D eigenvalue weighted by atomic mass is 9.89. The van der Waals surface area contributed by atoms with Gasteiger partial charge < -0.3 is 20.3 Å². The van der Waals surface area contributed by atoms with Gasteiger partial charge in [0.2, 0.25) is 0 Å². The number of hydrogen-bond acceptors (Lipinski definition) is 3. The van der Waals surface area contributed by atoms with Crippen LogP contribution in [0.2, 0.25) is 0 Å². The summed E-state index contributed by atoms with van der Waals surface area (Å²) in [6.45, 7) is 5.73. The highest BCUT2D eigenvalue weighted by Crippen LogP contribution is 2.26. The van der Waals surface area contributed by atoms with Crippen LogP contribution in [0.4, 0.5) is 0 Å². The Morgan fingerprint density at radius 3 is 2.50 bits per heavy atom. The highest BCUT2D eigenvalue weighted by Gasteiger charge is 2.34. The smallest absolute Gasteiger partial charge is 0.192 e. The number of terminal acetylenes is 1. The number of aliphatic imine (C=N–C) groups is 1. The number of likely N-dealkylation sites (N-methyl/N-ethyl adjacent to an activating group) is 1. The van der Waals surface area contributed by atoms with Crippen molar-refractivity contribution in [2.24, 2.45) is 4.99 Å². The fourth-order valence-electron chi connectivity index (χ4n) is 2.20. The second-order valence-electron chi connectivity index (χ2n) is 4.98. The fraction of sp³-hybridized carbons (Fsp3) is 0.786. The Kier molecular flexibility index (Phi) is 9.98. The average molecular weight is 394 g/mol. The predicted molar refractivity (Wildman–Crippen MR) is 94.7 cm³/mol. The van der Waals surface area contributed by atoms with Crippen LogP contribution >= 0.6 is 24.0 Å². The molecule has 0 amide bonds. The molecule has 6 heteroatoms. The molecule has 1 heterocycles. The molecule has 1 fully saturated rings. The first-order valence-corrected chi connectivity index (χ1v) is 6.85. The lowest BCUT2D eigenvalue weighted by Gasteiger charge is -2.41. The third kappa shape index (κ3) is 5.85. The average Bonchev–Trinajstić information content (AvgIpc) is 2.43. The molecule has 0 aromatic rings. The summed E-state index contributed by atoms with van der Waals surface area (Å²) >= 11 is 0. The Hall–Kier alpha value is -0.520. The van der Waals surface area contributed by atoms with Crippen LogP contribution in [0.3, 0.4) is 0 Å². The summed E-state index contributed by atoms with van der Waals surface area (Å²) in [4.78, 5) is 6.94. The van der Waals surface area contributed by atoms with E-state index in [-0.39, 0.29) is 29.5 Å². The molecule has 5 nitrogen and oxygen atoms in total. The maximum absolute atomic E-state index is 5.46. The van der Waals surface area contributed by atoms with Crippen LogP contribution in [0.1, 0.15) is 19.8 Å². The van der Waals surface area contributed by atoms with Crippen molar-refractivity contribution < 1.29 is 4.74 Å². The molecule has 1 rings (SSSR count). The number of ether oxygens (including phenoxy) is 1. The van der Waals surface area contributed by atoms with Gasteiger partial charge in [-0.25, -0.2) is 0 Å². The van der Waals surface area contributed by atoms with Crippen LogP contribution < -0.4 is 10.6 Å². The third-order valence-corrected chi connectivity index (χ3v) is 3.61. The molecule has 0 atom stereocenters. The molecule has 0 aromatic heterocycles. The van der Waals surface area contributed by atoms with Gasteiger partial charge in [0.15, 0.2) is 5.96 Å². The summed E-state index contributed by atoms with van der Waals surface area (Å²) in [5.41, 5.74) is 0.0940. The fourth-order valence-corrected chi connectivity index (χ4v) is 2.20. The second kappa shape index (κ2) is 10.2. The van der Waals surface area contributed by atoms with E-state index in [0.717, 1.165) is 45.1 Å². The van der Waals surface area contributed by atoms with Crippen LogP contribution in [0, 0.1) is 12.3 Å². The number of nitrogens with one attached hydrogen (secondary N) is 2. The molecule has 116 valence electrons. The topological polar surface area (TPSA) is 48.9 Å². The molecule has 0 spiro atoms. The van der Waals surface area contributed by atoms with Crippen molar-refractivity contribution in [3.63, 3.8) is 0 Å². The molecule has 0 aliphatic carbocycles. The number of nitrogens with zero attached hydrogens (tertiary/aromatic N) is 2.